The maximum atomic E-state index is 6.03. The van der Waals surface area contributed by atoms with Crippen LogP contribution >= 0.6 is 0 Å². The second-order valence-electron chi connectivity index (χ2n) is 6.22. The highest BCUT2D eigenvalue weighted by molar-refractivity contribution is 5.55. The van der Waals surface area contributed by atoms with Crippen molar-refractivity contribution >= 4 is 5.69 Å². The molecule has 0 spiro atoms. The highest BCUT2D eigenvalue weighted by atomic mass is 15.2. The van der Waals surface area contributed by atoms with E-state index in [1.807, 2.05) is 0 Å². The zero-order valence-corrected chi connectivity index (χ0v) is 13.5. The number of hydrogen-bond donors (Lipinski definition) is 1. The third kappa shape index (κ3) is 3.97. The first-order valence-electron chi connectivity index (χ1n) is 7.40. The largest absolute Gasteiger partial charge is 0.369 e. The van der Waals surface area contributed by atoms with Gasteiger partial charge in [0.15, 0.2) is 0 Å². The van der Waals surface area contributed by atoms with Crippen molar-refractivity contribution in [1.82, 2.24) is 0 Å². The quantitative estimate of drug-likeness (QED) is 0.842. The lowest BCUT2D eigenvalue weighted by molar-refractivity contribution is 0.470. The van der Waals surface area contributed by atoms with Crippen molar-refractivity contribution in [3.8, 4) is 0 Å². The van der Waals surface area contributed by atoms with Crippen LogP contribution in [0, 0.1) is 6.92 Å². The summed E-state index contributed by atoms with van der Waals surface area (Å²) in [5.74, 6) is 0. The normalized spacial score (nSPS) is 13.4. The van der Waals surface area contributed by atoms with Crippen LogP contribution in [0.4, 0.5) is 5.69 Å². The molecule has 0 fully saturated rings. The third-order valence-electron chi connectivity index (χ3n) is 4.42. The summed E-state index contributed by atoms with van der Waals surface area (Å²) in [5, 5.41) is 0. The lowest BCUT2D eigenvalue weighted by atomic mass is 9.96. The van der Waals surface area contributed by atoms with Crippen LogP contribution in [0.3, 0.4) is 0 Å². The molecule has 0 radical (unpaired) electrons. The Morgan fingerprint density at radius 2 is 1.89 bits per heavy atom. The molecular weight excluding hydrogens is 232 g/mol. The smallest absolute Gasteiger partial charge is 0.0397 e. The van der Waals surface area contributed by atoms with Gasteiger partial charge in [0, 0.05) is 24.3 Å². The first-order valence-corrected chi connectivity index (χ1v) is 7.40. The Morgan fingerprint density at radius 3 is 2.37 bits per heavy atom. The van der Waals surface area contributed by atoms with Gasteiger partial charge in [0.2, 0.25) is 0 Å². The van der Waals surface area contributed by atoms with Crippen LogP contribution < -0.4 is 10.6 Å². The summed E-state index contributed by atoms with van der Waals surface area (Å²) in [6.07, 6.45) is 3.13. The summed E-state index contributed by atoms with van der Waals surface area (Å²) >= 11 is 0. The van der Waals surface area contributed by atoms with E-state index in [-0.39, 0.29) is 11.6 Å². The molecule has 0 aromatic heterocycles. The second kappa shape index (κ2) is 6.42. The summed E-state index contributed by atoms with van der Waals surface area (Å²) in [4.78, 5) is 2.38. The van der Waals surface area contributed by atoms with Gasteiger partial charge in [-0.3, -0.25) is 0 Å². The Labute approximate surface area is 119 Å². The summed E-state index contributed by atoms with van der Waals surface area (Å²) in [5.41, 5.74) is 10.2. The summed E-state index contributed by atoms with van der Waals surface area (Å²) in [6.45, 7) is 11.1. The Balaban J connectivity index is 2.94. The minimum Gasteiger partial charge on any atom is -0.369 e. The number of anilines is 1. The van der Waals surface area contributed by atoms with E-state index in [1.54, 1.807) is 0 Å². The maximum absolute atomic E-state index is 6.03. The predicted molar refractivity (Wildman–Crippen MR) is 85.9 cm³/mol. The topological polar surface area (TPSA) is 29.3 Å². The van der Waals surface area contributed by atoms with Gasteiger partial charge in [-0.2, -0.15) is 0 Å². The van der Waals surface area contributed by atoms with E-state index in [0.717, 1.165) is 19.3 Å². The minimum absolute atomic E-state index is 0.187. The second-order valence-corrected chi connectivity index (χ2v) is 6.22. The standard InChI is InChI=1S/C17H30N2/c1-7-15(18)12-14-9-10-16(13(3)11-14)19(6)17(4,5)8-2/h9-11,15H,7-8,12,18H2,1-6H3. The van der Waals surface area contributed by atoms with Crippen LogP contribution in [-0.2, 0) is 6.42 Å². The summed E-state index contributed by atoms with van der Waals surface area (Å²) < 4.78 is 0. The Bertz CT molecular complexity index is 410. The van der Waals surface area contributed by atoms with Crippen LogP contribution in [0.5, 0.6) is 0 Å². The molecule has 0 saturated carbocycles. The van der Waals surface area contributed by atoms with Gasteiger partial charge in [-0.1, -0.05) is 26.0 Å². The average molecular weight is 262 g/mol. The molecule has 19 heavy (non-hydrogen) atoms. The molecule has 0 aliphatic carbocycles. The molecule has 0 aliphatic heterocycles. The van der Waals surface area contributed by atoms with E-state index in [0.29, 0.717) is 0 Å². The summed E-state index contributed by atoms with van der Waals surface area (Å²) in [7, 11) is 2.18. The van der Waals surface area contributed by atoms with Gasteiger partial charge in [-0.15, -0.1) is 0 Å². The molecule has 2 nitrogen and oxygen atoms in total. The number of benzene rings is 1. The van der Waals surface area contributed by atoms with E-state index < -0.39 is 0 Å². The fourth-order valence-electron chi connectivity index (χ4n) is 2.23. The Morgan fingerprint density at radius 1 is 1.26 bits per heavy atom. The first kappa shape index (κ1) is 16.0. The molecule has 1 atom stereocenters. The van der Waals surface area contributed by atoms with Crippen LogP contribution in [0.1, 0.15) is 51.7 Å². The van der Waals surface area contributed by atoms with Gasteiger partial charge in [-0.25, -0.2) is 0 Å². The van der Waals surface area contributed by atoms with Crippen LogP contribution in [0.25, 0.3) is 0 Å². The van der Waals surface area contributed by atoms with Crippen molar-refractivity contribution in [3.63, 3.8) is 0 Å². The predicted octanol–water partition coefficient (Wildman–Crippen LogP) is 3.90. The van der Waals surface area contributed by atoms with E-state index in [2.05, 4.69) is 64.8 Å². The molecule has 0 aliphatic rings. The van der Waals surface area contributed by atoms with Crippen molar-refractivity contribution in [2.75, 3.05) is 11.9 Å². The highest BCUT2D eigenvalue weighted by Crippen LogP contribution is 2.28. The molecule has 1 rings (SSSR count). The number of rotatable bonds is 6. The molecule has 0 heterocycles. The molecule has 1 aromatic carbocycles. The van der Waals surface area contributed by atoms with E-state index in [1.165, 1.54) is 16.8 Å². The summed E-state index contributed by atoms with van der Waals surface area (Å²) in [6, 6.07) is 7.02. The fourth-order valence-corrected chi connectivity index (χ4v) is 2.23. The van der Waals surface area contributed by atoms with E-state index in [9.17, 15) is 0 Å². The highest BCUT2D eigenvalue weighted by Gasteiger charge is 2.22. The van der Waals surface area contributed by atoms with Gasteiger partial charge < -0.3 is 10.6 Å². The molecule has 0 amide bonds. The van der Waals surface area contributed by atoms with Crippen molar-refractivity contribution in [2.45, 2.75) is 65.5 Å². The van der Waals surface area contributed by atoms with Crippen molar-refractivity contribution in [3.05, 3.63) is 29.3 Å². The van der Waals surface area contributed by atoms with Gasteiger partial charge in [0.05, 0.1) is 0 Å². The fraction of sp³-hybridized carbons (Fsp3) is 0.647. The Kier molecular flexibility index (Phi) is 5.42. The molecule has 1 aromatic rings. The van der Waals surface area contributed by atoms with Gasteiger partial charge in [0.25, 0.3) is 0 Å². The molecule has 2 heteroatoms. The molecule has 0 bridgehead atoms. The van der Waals surface area contributed by atoms with E-state index in [4.69, 9.17) is 5.73 Å². The first-order chi connectivity index (χ1) is 8.81. The lowest BCUT2D eigenvalue weighted by Crippen LogP contribution is -2.40. The monoisotopic (exact) mass is 262 g/mol. The number of nitrogens with two attached hydrogens (primary N) is 1. The zero-order chi connectivity index (χ0) is 14.6. The minimum atomic E-state index is 0.187. The maximum Gasteiger partial charge on any atom is 0.0397 e. The van der Waals surface area contributed by atoms with Crippen LogP contribution in [0.2, 0.25) is 0 Å². The third-order valence-corrected chi connectivity index (χ3v) is 4.42. The molecule has 0 saturated heterocycles. The molecular formula is C17H30N2. The van der Waals surface area contributed by atoms with Crippen LogP contribution in [-0.4, -0.2) is 18.6 Å². The van der Waals surface area contributed by atoms with Gasteiger partial charge >= 0.3 is 0 Å². The molecule has 108 valence electrons. The molecule has 1 unspecified atom stereocenters. The molecule has 2 N–H and O–H groups in total. The SMILES string of the molecule is CCC(N)Cc1ccc(N(C)C(C)(C)CC)c(C)c1. The van der Waals surface area contributed by atoms with Gasteiger partial charge in [-0.05, 0) is 57.2 Å². The number of aryl methyl sites for hydroxylation is 1. The average Bonchev–Trinajstić information content (AvgIpc) is 2.38. The van der Waals surface area contributed by atoms with Crippen molar-refractivity contribution < 1.29 is 0 Å². The van der Waals surface area contributed by atoms with Crippen LogP contribution in [0.15, 0.2) is 18.2 Å². The Hall–Kier alpha value is -1.02. The number of nitrogens with zero attached hydrogens (tertiary/aromatic N) is 1. The van der Waals surface area contributed by atoms with E-state index >= 15 is 0 Å². The number of hydrogen-bond acceptors (Lipinski definition) is 2. The van der Waals surface area contributed by atoms with Gasteiger partial charge in [0.1, 0.15) is 0 Å². The van der Waals surface area contributed by atoms with Crippen molar-refractivity contribution in [1.29, 1.82) is 0 Å². The van der Waals surface area contributed by atoms with Crippen molar-refractivity contribution in [2.24, 2.45) is 5.73 Å². The zero-order valence-electron chi connectivity index (χ0n) is 13.5. The lowest BCUT2D eigenvalue weighted by Gasteiger charge is -2.38.